The van der Waals surface area contributed by atoms with Gasteiger partial charge >= 0.3 is 0 Å². The van der Waals surface area contributed by atoms with E-state index in [1.807, 2.05) is 17.0 Å². The number of piperazine rings is 1. The number of nitrogens with zero attached hydrogens (tertiary/aromatic N) is 4. The number of amides is 1. The number of benzene rings is 1. The maximum atomic E-state index is 12.9. The van der Waals surface area contributed by atoms with Gasteiger partial charge in [-0.25, -0.2) is 4.98 Å². The van der Waals surface area contributed by atoms with E-state index in [-0.39, 0.29) is 5.91 Å². The van der Waals surface area contributed by atoms with Crippen LogP contribution in [0.25, 0.3) is 0 Å². The van der Waals surface area contributed by atoms with Crippen LogP contribution in [0.4, 0.5) is 11.5 Å². The van der Waals surface area contributed by atoms with Gasteiger partial charge in [0.25, 0.3) is 5.91 Å². The molecule has 0 saturated carbocycles. The molecule has 1 N–H and O–H groups in total. The average Bonchev–Trinajstić information content (AvgIpc) is 2.71. The van der Waals surface area contributed by atoms with Crippen LogP contribution < -0.4 is 10.2 Å². The maximum absolute atomic E-state index is 12.9. The third-order valence-corrected chi connectivity index (χ3v) is 4.78. The number of hydrogen-bond donors (Lipinski definition) is 1. The highest BCUT2D eigenvalue weighted by Gasteiger charge is 2.22. The summed E-state index contributed by atoms with van der Waals surface area (Å²) in [5.41, 5.74) is 1.92. The molecule has 1 aliphatic rings. The number of nitrogens with one attached hydrogen (secondary N) is 1. The molecule has 6 heteroatoms. The quantitative estimate of drug-likeness (QED) is 0.762. The highest BCUT2D eigenvalue weighted by molar-refractivity contribution is 5.95. The Morgan fingerprint density at radius 1 is 1.11 bits per heavy atom. The molecule has 1 saturated heterocycles. The predicted molar refractivity (Wildman–Crippen MR) is 110 cm³/mol. The van der Waals surface area contributed by atoms with Crippen LogP contribution in [-0.2, 0) is 0 Å². The molecule has 0 spiro atoms. The lowest BCUT2D eigenvalue weighted by atomic mass is 10.2. The molecule has 1 aromatic carbocycles. The second kappa shape index (κ2) is 9.37. The normalized spacial score (nSPS) is 14.5. The van der Waals surface area contributed by atoms with Gasteiger partial charge in [-0.2, -0.15) is 0 Å². The smallest absolute Gasteiger partial charge is 0.254 e. The van der Waals surface area contributed by atoms with Gasteiger partial charge in [-0.15, -0.1) is 0 Å². The van der Waals surface area contributed by atoms with Gasteiger partial charge in [0.1, 0.15) is 5.82 Å². The van der Waals surface area contributed by atoms with E-state index in [1.54, 1.807) is 12.3 Å². The maximum Gasteiger partial charge on any atom is 0.254 e. The predicted octanol–water partition coefficient (Wildman–Crippen LogP) is 2.41. The van der Waals surface area contributed by atoms with E-state index in [0.29, 0.717) is 5.56 Å². The van der Waals surface area contributed by atoms with Crippen molar-refractivity contribution in [3.63, 3.8) is 0 Å². The minimum Gasteiger partial charge on any atom is -0.370 e. The Morgan fingerprint density at radius 3 is 2.56 bits per heavy atom. The number of rotatable bonds is 7. The van der Waals surface area contributed by atoms with Crippen molar-refractivity contribution in [3.8, 4) is 0 Å². The second-order valence-corrected chi connectivity index (χ2v) is 7.13. The molecule has 0 aliphatic carbocycles. The molecule has 1 fully saturated rings. The van der Waals surface area contributed by atoms with E-state index in [4.69, 9.17) is 0 Å². The summed E-state index contributed by atoms with van der Waals surface area (Å²) in [4.78, 5) is 23.6. The molecule has 3 rings (SSSR count). The first kappa shape index (κ1) is 19.2. The van der Waals surface area contributed by atoms with Gasteiger partial charge < -0.3 is 20.0 Å². The third kappa shape index (κ3) is 5.44. The fraction of sp³-hybridized carbons (Fsp3) is 0.429. The number of anilines is 2. The van der Waals surface area contributed by atoms with Crippen molar-refractivity contribution in [1.82, 2.24) is 14.8 Å². The summed E-state index contributed by atoms with van der Waals surface area (Å²) in [7, 11) is 4.13. The van der Waals surface area contributed by atoms with Crippen molar-refractivity contribution in [2.24, 2.45) is 0 Å². The lowest BCUT2D eigenvalue weighted by Gasteiger charge is -2.36. The van der Waals surface area contributed by atoms with Crippen molar-refractivity contribution < 1.29 is 4.79 Å². The average molecular weight is 367 g/mol. The van der Waals surface area contributed by atoms with E-state index in [1.165, 1.54) is 5.69 Å². The Labute approximate surface area is 161 Å². The highest BCUT2D eigenvalue weighted by Crippen LogP contribution is 2.17. The first-order chi connectivity index (χ1) is 13.1. The molecular weight excluding hydrogens is 338 g/mol. The van der Waals surface area contributed by atoms with Crippen molar-refractivity contribution in [2.75, 3.05) is 63.6 Å². The molecule has 1 aromatic heterocycles. The SMILES string of the molecule is CN(C)CCCNc1cc(C(=O)N2CCN(c3ccccc3)CC2)ccn1. The lowest BCUT2D eigenvalue weighted by Crippen LogP contribution is -2.48. The second-order valence-electron chi connectivity index (χ2n) is 7.13. The molecule has 144 valence electrons. The first-order valence-corrected chi connectivity index (χ1v) is 9.57. The van der Waals surface area contributed by atoms with E-state index >= 15 is 0 Å². The molecule has 0 atom stereocenters. The molecule has 1 aliphatic heterocycles. The van der Waals surface area contributed by atoms with Crippen molar-refractivity contribution in [1.29, 1.82) is 0 Å². The Morgan fingerprint density at radius 2 is 1.85 bits per heavy atom. The Hall–Kier alpha value is -2.60. The molecule has 0 radical (unpaired) electrons. The summed E-state index contributed by atoms with van der Waals surface area (Å²) in [6.45, 7) is 5.06. The van der Waals surface area contributed by atoms with Crippen molar-refractivity contribution >= 4 is 17.4 Å². The highest BCUT2D eigenvalue weighted by atomic mass is 16.2. The lowest BCUT2D eigenvalue weighted by molar-refractivity contribution is 0.0746. The van der Waals surface area contributed by atoms with Gasteiger partial charge in [0.15, 0.2) is 0 Å². The van der Waals surface area contributed by atoms with Gasteiger partial charge in [-0.1, -0.05) is 18.2 Å². The fourth-order valence-electron chi connectivity index (χ4n) is 3.26. The first-order valence-electron chi connectivity index (χ1n) is 9.57. The third-order valence-electron chi connectivity index (χ3n) is 4.78. The molecule has 27 heavy (non-hydrogen) atoms. The largest absolute Gasteiger partial charge is 0.370 e. The summed E-state index contributed by atoms with van der Waals surface area (Å²) in [6, 6.07) is 14.0. The summed E-state index contributed by atoms with van der Waals surface area (Å²) in [5.74, 6) is 0.851. The minimum absolute atomic E-state index is 0.0847. The molecule has 0 unspecified atom stereocenters. The monoisotopic (exact) mass is 367 g/mol. The fourth-order valence-corrected chi connectivity index (χ4v) is 3.26. The zero-order valence-electron chi connectivity index (χ0n) is 16.3. The van der Waals surface area contributed by atoms with Crippen LogP contribution in [0, 0.1) is 0 Å². The molecular formula is C21H29N5O. The summed E-state index contributed by atoms with van der Waals surface area (Å²) in [6.07, 6.45) is 2.75. The van der Waals surface area contributed by atoms with Crippen LogP contribution in [0.3, 0.4) is 0 Å². The Balaban J connectivity index is 1.53. The zero-order valence-corrected chi connectivity index (χ0v) is 16.3. The molecule has 2 heterocycles. The van der Waals surface area contributed by atoms with Crippen LogP contribution in [0.2, 0.25) is 0 Å². The van der Waals surface area contributed by atoms with Gasteiger partial charge in [0.2, 0.25) is 0 Å². The van der Waals surface area contributed by atoms with Crippen molar-refractivity contribution in [3.05, 3.63) is 54.2 Å². The number of carbonyl (C=O) groups excluding carboxylic acids is 1. The molecule has 2 aromatic rings. The van der Waals surface area contributed by atoms with Gasteiger partial charge in [-0.05, 0) is 51.3 Å². The van der Waals surface area contributed by atoms with Crippen LogP contribution in [0.15, 0.2) is 48.7 Å². The number of pyridine rings is 1. The summed E-state index contributed by atoms with van der Waals surface area (Å²) in [5, 5.41) is 3.31. The van der Waals surface area contributed by atoms with E-state index < -0.39 is 0 Å². The van der Waals surface area contributed by atoms with Gasteiger partial charge in [0, 0.05) is 50.2 Å². The Kier molecular flexibility index (Phi) is 6.65. The van der Waals surface area contributed by atoms with Gasteiger partial charge in [-0.3, -0.25) is 4.79 Å². The van der Waals surface area contributed by atoms with Crippen LogP contribution >= 0.6 is 0 Å². The topological polar surface area (TPSA) is 51.7 Å². The molecule has 0 bridgehead atoms. The van der Waals surface area contributed by atoms with Crippen LogP contribution in [0.5, 0.6) is 0 Å². The van der Waals surface area contributed by atoms with Gasteiger partial charge in [0.05, 0.1) is 0 Å². The number of para-hydroxylation sites is 1. The van der Waals surface area contributed by atoms with Crippen molar-refractivity contribution in [2.45, 2.75) is 6.42 Å². The Bertz CT molecular complexity index is 726. The van der Waals surface area contributed by atoms with E-state index in [9.17, 15) is 4.79 Å². The standard InChI is InChI=1S/C21H29N5O/c1-24(2)12-6-10-22-20-17-18(9-11-23-20)21(27)26-15-13-25(14-16-26)19-7-4-3-5-8-19/h3-5,7-9,11,17H,6,10,12-16H2,1-2H3,(H,22,23). The molecule has 6 nitrogen and oxygen atoms in total. The van der Waals surface area contributed by atoms with E-state index in [2.05, 4.69) is 58.5 Å². The zero-order chi connectivity index (χ0) is 19.1. The number of aromatic nitrogens is 1. The van der Waals surface area contributed by atoms with Crippen LogP contribution in [-0.4, -0.2) is 74.1 Å². The minimum atomic E-state index is 0.0847. The molecule has 1 amide bonds. The number of carbonyl (C=O) groups is 1. The van der Waals surface area contributed by atoms with Crippen LogP contribution in [0.1, 0.15) is 16.8 Å². The summed E-state index contributed by atoms with van der Waals surface area (Å²) >= 11 is 0. The van der Waals surface area contributed by atoms with E-state index in [0.717, 1.165) is 51.5 Å². The summed E-state index contributed by atoms with van der Waals surface area (Å²) < 4.78 is 0. The number of hydrogen-bond acceptors (Lipinski definition) is 5.